The molecule has 30 heavy (non-hydrogen) atoms. The van der Waals surface area contributed by atoms with Crippen LogP contribution in [0.25, 0.3) is 21.9 Å². The predicted molar refractivity (Wildman–Crippen MR) is 119 cm³/mol. The number of piperazine rings is 1. The SMILES string of the molecule is Brc1ccc2[nH]c3c(N4CCN(Cc5ccc6c(c5)OCO6)CC4)ncnc3c2c1. The molecule has 2 aromatic carbocycles. The Morgan fingerprint density at radius 2 is 1.83 bits per heavy atom. The smallest absolute Gasteiger partial charge is 0.231 e. The van der Waals surface area contributed by atoms with E-state index in [1.807, 2.05) is 12.1 Å². The third kappa shape index (κ3) is 3.07. The van der Waals surface area contributed by atoms with Crippen LogP contribution in [-0.4, -0.2) is 52.8 Å². The third-order valence-electron chi connectivity index (χ3n) is 5.84. The minimum atomic E-state index is 0.315. The normalized spacial score (nSPS) is 16.6. The number of fused-ring (bicyclic) bond motifs is 4. The number of anilines is 1. The van der Waals surface area contributed by atoms with Gasteiger partial charge >= 0.3 is 0 Å². The molecule has 0 aliphatic carbocycles. The fourth-order valence-electron chi connectivity index (χ4n) is 4.31. The first-order valence-corrected chi connectivity index (χ1v) is 10.8. The van der Waals surface area contributed by atoms with Crippen LogP contribution in [0.1, 0.15) is 5.56 Å². The number of benzene rings is 2. The zero-order chi connectivity index (χ0) is 20.1. The van der Waals surface area contributed by atoms with Crippen molar-refractivity contribution in [3.8, 4) is 11.5 Å². The van der Waals surface area contributed by atoms with Gasteiger partial charge in [0, 0.05) is 48.1 Å². The van der Waals surface area contributed by atoms with Gasteiger partial charge in [0.2, 0.25) is 6.79 Å². The van der Waals surface area contributed by atoms with Crippen LogP contribution in [0.5, 0.6) is 11.5 Å². The molecule has 0 radical (unpaired) electrons. The highest BCUT2D eigenvalue weighted by Crippen LogP contribution is 2.33. The number of aromatic amines is 1. The minimum Gasteiger partial charge on any atom is -0.454 e. The summed E-state index contributed by atoms with van der Waals surface area (Å²) in [7, 11) is 0. The molecule has 1 fully saturated rings. The molecular weight excluding hydrogens is 446 g/mol. The number of rotatable bonds is 3. The van der Waals surface area contributed by atoms with Crippen LogP contribution in [0.4, 0.5) is 5.82 Å². The molecule has 4 aromatic rings. The fraction of sp³-hybridized carbons (Fsp3) is 0.273. The Bertz CT molecular complexity index is 1250. The summed E-state index contributed by atoms with van der Waals surface area (Å²) in [5.41, 5.74) is 4.31. The summed E-state index contributed by atoms with van der Waals surface area (Å²) >= 11 is 3.56. The number of ether oxygens (including phenoxy) is 2. The summed E-state index contributed by atoms with van der Waals surface area (Å²) in [6.07, 6.45) is 1.67. The molecule has 1 N–H and O–H groups in total. The van der Waals surface area contributed by atoms with Crippen molar-refractivity contribution in [2.45, 2.75) is 6.54 Å². The largest absolute Gasteiger partial charge is 0.454 e. The molecule has 0 saturated carbocycles. The molecule has 0 unspecified atom stereocenters. The van der Waals surface area contributed by atoms with Crippen molar-refractivity contribution in [2.24, 2.45) is 0 Å². The van der Waals surface area contributed by atoms with Crippen LogP contribution in [0.2, 0.25) is 0 Å². The van der Waals surface area contributed by atoms with E-state index in [1.165, 1.54) is 5.56 Å². The minimum absolute atomic E-state index is 0.315. The lowest BCUT2D eigenvalue weighted by molar-refractivity contribution is 0.174. The van der Waals surface area contributed by atoms with Crippen molar-refractivity contribution in [3.05, 3.63) is 52.8 Å². The summed E-state index contributed by atoms with van der Waals surface area (Å²) in [6.45, 7) is 5.03. The van der Waals surface area contributed by atoms with Gasteiger partial charge in [0.15, 0.2) is 17.3 Å². The second kappa shape index (κ2) is 7.14. The summed E-state index contributed by atoms with van der Waals surface area (Å²) in [5.74, 6) is 2.66. The molecule has 152 valence electrons. The summed E-state index contributed by atoms with van der Waals surface area (Å²) in [4.78, 5) is 17.5. The highest BCUT2D eigenvalue weighted by molar-refractivity contribution is 9.10. The van der Waals surface area contributed by atoms with Crippen LogP contribution in [0.15, 0.2) is 47.2 Å². The maximum absolute atomic E-state index is 5.51. The second-order valence-electron chi connectivity index (χ2n) is 7.69. The number of hydrogen-bond donors (Lipinski definition) is 1. The van der Waals surface area contributed by atoms with E-state index in [1.54, 1.807) is 6.33 Å². The van der Waals surface area contributed by atoms with Gasteiger partial charge in [0.1, 0.15) is 17.4 Å². The average molecular weight is 466 g/mol. The standard InChI is InChI=1S/C22H20BrN5O2/c23-15-2-3-17-16(10-15)20-21(26-17)22(25-12-24-20)28-7-5-27(6-8-28)11-14-1-4-18-19(9-14)30-13-29-18/h1-4,9-10,12,26H,5-8,11,13H2. The number of H-pyrrole nitrogens is 1. The molecule has 6 rings (SSSR count). The molecule has 0 atom stereocenters. The summed E-state index contributed by atoms with van der Waals surface area (Å²) in [5, 5.41) is 1.12. The summed E-state index contributed by atoms with van der Waals surface area (Å²) < 4.78 is 12.0. The lowest BCUT2D eigenvalue weighted by Gasteiger charge is -2.35. The maximum Gasteiger partial charge on any atom is 0.231 e. The topological polar surface area (TPSA) is 66.5 Å². The Morgan fingerprint density at radius 3 is 2.73 bits per heavy atom. The van der Waals surface area contributed by atoms with Gasteiger partial charge in [-0.3, -0.25) is 4.90 Å². The van der Waals surface area contributed by atoms with E-state index in [4.69, 9.17) is 9.47 Å². The average Bonchev–Trinajstić information content (AvgIpc) is 3.38. The highest BCUT2D eigenvalue weighted by atomic mass is 79.9. The molecule has 0 bridgehead atoms. The molecular formula is C22H20BrN5O2. The Balaban J connectivity index is 1.21. The van der Waals surface area contributed by atoms with Gasteiger partial charge in [0.25, 0.3) is 0 Å². The van der Waals surface area contributed by atoms with Gasteiger partial charge in [-0.05, 0) is 35.9 Å². The molecule has 2 aliphatic rings. The van der Waals surface area contributed by atoms with E-state index in [2.05, 4.69) is 64.9 Å². The number of nitrogens with one attached hydrogen (secondary N) is 1. The third-order valence-corrected chi connectivity index (χ3v) is 6.33. The summed E-state index contributed by atoms with van der Waals surface area (Å²) in [6, 6.07) is 12.4. The number of nitrogens with zero attached hydrogens (tertiary/aromatic N) is 4. The molecule has 7 nitrogen and oxygen atoms in total. The lowest BCUT2D eigenvalue weighted by Crippen LogP contribution is -2.46. The van der Waals surface area contributed by atoms with E-state index in [0.717, 1.165) is 76.4 Å². The highest BCUT2D eigenvalue weighted by Gasteiger charge is 2.22. The van der Waals surface area contributed by atoms with Gasteiger partial charge in [-0.15, -0.1) is 0 Å². The maximum atomic E-state index is 5.51. The number of halogens is 1. The Kier molecular flexibility index (Phi) is 4.28. The fourth-order valence-corrected chi connectivity index (χ4v) is 4.67. The quantitative estimate of drug-likeness (QED) is 0.494. The number of hydrogen-bond acceptors (Lipinski definition) is 6. The Morgan fingerprint density at radius 1 is 0.967 bits per heavy atom. The molecule has 2 aromatic heterocycles. The van der Waals surface area contributed by atoms with Crippen LogP contribution >= 0.6 is 15.9 Å². The van der Waals surface area contributed by atoms with Crippen LogP contribution in [0.3, 0.4) is 0 Å². The van der Waals surface area contributed by atoms with Gasteiger partial charge in [-0.1, -0.05) is 22.0 Å². The van der Waals surface area contributed by atoms with Crippen LogP contribution in [0, 0.1) is 0 Å². The zero-order valence-corrected chi connectivity index (χ0v) is 17.9. The van der Waals surface area contributed by atoms with E-state index >= 15 is 0 Å². The molecule has 4 heterocycles. The first-order valence-electron chi connectivity index (χ1n) is 10.0. The first-order chi connectivity index (χ1) is 14.7. The molecule has 8 heteroatoms. The van der Waals surface area contributed by atoms with E-state index in [9.17, 15) is 0 Å². The molecule has 2 aliphatic heterocycles. The lowest BCUT2D eigenvalue weighted by atomic mass is 10.1. The van der Waals surface area contributed by atoms with Crippen molar-refractivity contribution in [3.63, 3.8) is 0 Å². The van der Waals surface area contributed by atoms with Gasteiger partial charge in [0.05, 0.1) is 0 Å². The van der Waals surface area contributed by atoms with Crippen molar-refractivity contribution in [2.75, 3.05) is 37.9 Å². The zero-order valence-electron chi connectivity index (χ0n) is 16.3. The van der Waals surface area contributed by atoms with Crippen LogP contribution in [-0.2, 0) is 6.54 Å². The number of aromatic nitrogens is 3. The van der Waals surface area contributed by atoms with Gasteiger partial charge in [-0.2, -0.15) is 0 Å². The predicted octanol–water partition coefficient (Wildman–Crippen LogP) is 3.92. The van der Waals surface area contributed by atoms with E-state index in [-0.39, 0.29) is 0 Å². The Labute approximate surface area is 181 Å². The van der Waals surface area contributed by atoms with E-state index < -0.39 is 0 Å². The van der Waals surface area contributed by atoms with Crippen molar-refractivity contribution in [1.82, 2.24) is 19.9 Å². The Hall–Kier alpha value is -2.84. The van der Waals surface area contributed by atoms with Gasteiger partial charge in [-0.25, -0.2) is 9.97 Å². The van der Waals surface area contributed by atoms with Crippen molar-refractivity contribution < 1.29 is 9.47 Å². The van der Waals surface area contributed by atoms with Crippen molar-refractivity contribution in [1.29, 1.82) is 0 Å². The van der Waals surface area contributed by atoms with Crippen molar-refractivity contribution >= 4 is 43.7 Å². The second-order valence-corrected chi connectivity index (χ2v) is 8.60. The monoisotopic (exact) mass is 465 g/mol. The van der Waals surface area contributed by atoms with Gasteiger partial charge < -0.3 is 19.4 Å². The molecule has 0 amide bonds. The first kappa shape index (κ1) is 18.0. The molecule has 1 saturated heterocycles. The van der Waals surface area contributed by atoms with E-state index in [0.29, 0.717) is 6.79 Å². The molecule has 0 spiro atoms. The van der Waals surface area contributed by atoms with Crippen LogP contribution < -0.4 is 14.4 Å².